The highest BCUT2D eigenvalue weighted by atomic mass is 79.9. The van der Waals surface area contributed by atoms with Gasteiger partial charge in [0.15, 0.2) is 11.0 Å². The lowest BCUT2D eigenvalue weighted by Crippen LogP contribution is -1.96. The first-order chi connectivity index (χ1) is 10.2. The average Bonchev–Trinajstić information content (AvgIpc) is 2.89. The largest absolute Gasteiger partial charge is 0.304 e. The zero-order chi connectivity index (χ0) is 14.7. The number of halogens is 1. The van der Waals surface area contributed by atoms with Gasteiger partial charge in [-0.25, -0.2) is 0 Å². The third-order valence-electron chi connectivity index (χ3n) is 3.01. The van der Waals surface area contributed by atoms with Crippen molar-refractivity contribution < 1.29 is 0 Å². The van der Waals surface area contributed by atoms with Gasteiger partial charge in [0.25, 0.3) is 0 Å². The normalized spacial score (nSPS) is 10.8. The van der Waals surface area contributed by atoms with Crippen molar-refractivity contribution >= 4 is 27.7 Å². The van der Waals surface area contributed by atoms with Crippen LogP contribution in [-0.2, 0) is 12.8 Å². The van der Waals surface area contributed by atoms with Crippen LogP contribution in [0.25, 0.3) is 11.5 Å². The maximum Gasteiger partial charge on any atom is 0.191 e. The van der Waals surface area contributed by atoms with Crippen LogP contribution in [0.3, 0.4) is 0 Å². The second kappa shape index (κ2) is 6.41. The number of nitrogens with zero attached hydrogens (tertiary/aromatic N) is 4. The summed E-state index contributed by atoms with van der Waals surface area (Å²) >= 11 is 5.11. The quantitative estimate of drug-likeness (QED) is 0.661. The van der Waals surface area contributed by atoms with Gasteiger partial charge >= 0.3 is 0 Å². The molecule has 3 aromatic rings. The molecule has 0 saturated carbocycles. The van der Waals surface area contributed by atoms with E-state index in [4.69, 9.17) is 0 Å². The van der Waals surface area contributed by atoms with Crippen LogP contribution in [0.1, 0.15) is 5.56 Å². The van der Waals surface area contributed by atoms with Crippen molar-refractivity contribution in [2.75, 3.05) is 0 Å². The van der Waals surface area contributed by atoms with Crippen molar-refractivity contribution in [3.63, 3.8) is 0 Å². The molecule has 3 rings (SSSR count). The topological polar surface area (TPSA) is 43.6 Å². The van der Waals surface area contributed by atoms with E-state index in [0.29, 0.717) is 0 Å². The molecule has 0 unspecified atom stereocenters. The molecule has 0 atom stereocenters. The summed E-state index contributed by atoms with van der Waals surface area (Å²) in [6, 6.07) is 14.1. The Bertz CT molecular complexity index is 725. The molecule has 6 heteroatoms. The number of hydrogen-bond acceptors (Lipinski definition) is 4. The summed E-state index contributed by atoms with van der Waals surface area (Å²) in [5.41, 5.74) is 2.09. The molecule has 0 N–H and O–H groups in total. The van der Waals surface area contributed by atoms with E-state index in [1.807, 2.05) is 41.9 Å². The second-order valence-electron chi connectivity index (χ2n) is 4.50. The van der Waals surface area contributed by atoms with Crippen LogP contribution in [-0.4, -0.2) is 19.7 Å². The van der Waals surface area contributed by atoms with Crippen molar-refractivity contribution in [2.45, 2.75) is 10.9 Å². The lowest BCUT2D eigenvalue weighted by molar-refractivity contribution is 0.792. The van der Waals surface area contributed by atoms with E-state index in [1.54, 1.807) is 18.0 Å². The summed E-state index contributed by atoms with van der Waals surface area (Å²) < 4.78 is 3.07. The predicted octanol–water partition coefficient (Wildman–Crippen LogP) is 3.93. The Kier molecular flexibility index (Phi) is 4.36. The fourth-order valence-electron chi connectivity index (χ4n) is 1.89. The zero-order valence-corrected chi connectivity index (χ0v) is 13.8. The maximum atomic E-state index is 4.31. The Balaban J connectivity index is 1.75. The first-order valence-corrected chi connectivity index (χ1v) is 8.20. The van der Waals surface area contributed by atoms with E-state index in [9.17, 15) is 0 Å². The fourth-order valence-corrected chi connectivity index (χ4v) is 3.02. The zero-order valence-electron chi connectivity index (χ0n) is 11.4. The maximum absolute atomic E-state index is 4.31. The molecule has 0 spiro atoms. The van der Waals surface area contributed by atoms with Crippen LogP contribution in [0.15, 0.2) is 58.3 Å². The SMILES string of the molecule is Cn1c(SCc2ccc(Br)cc2)nnc1-c1ccccn1. The van der Waals surface area contributed by atoms with Gasteiger partial charge in [-0.2, -0.15) is 0 Å². The molecule has 0 fully saturated rings. The first kappa shape index (κ1) is 14.3. The van der Waals surface area contributed by atoms with Gasteiger partial charge < -0.3 is 4.57 Å². The van der Waals surface area contributed by atoms with Crippen molar-refractivity contribution in [1.29, 1.82) is 0 Å². The Labute approximate surface area is 135 Å². The van der Waals surface area contributed by atoms with Gasteiger partial charge in [0.2, 0.25) is 0 Å². The molecule has 21 heavy (non-hydrogen) atoms. The van der Waals surface area contributed by atoms with E-state index in [0.717, 1.165) is 26.9 Å². The van der Waals surface area contributed by atoms with Crippen LogP contribution in [0.2, 0.25) is 0 Å². The minimum Gasteiger partial charge on any atom is -0.304 e. The molecule has 1 aromatic carbocycles. The number of rotatable bonds is 4. The molecule has 0 aliphatic heterocycles. The average molecular weight is 361 g/mol. The third kappa shape index (κ3) is 3.33. The number of thioether (sulfide) groups is 1. The molecule has 2 heterocycles. The van der Waals surface area contributed by atoms with Crippen molar-refractivity contribution in [3.8, 4) is 11.5 Å². The minimum absolute atomic E-state index is 0.786. The molecular weight excluding hydrogens is 348 g/mol. The van der Waals surface area contributed by atoms with E-state index in [-0.39, 0.29) is 0 Å². The van der Waals surface area contributed by atoms with Crippen LogP contribution in [0.4, 0.5) is 0 Å². The first-order valence-electron chi connectivity index (χ1n) is 6.42. The highest BCUT2D eigenvalue weighted by molar-refractivity contribution is 9.10. The van der Waals surface area contributed by atoms with Crippen molar-refractivity contribution in [1.82, 2.24) is 19.7 Å². The lowest BCUT2D eigenvalue weighted by Gasteiger charge is -2.03. The third-order valence-corrected chi connectivity index (χ3v) is 4.63. The van der Waals surface area contributed by atoms with E-state index in [2.05, 4.69) is 43.2 Å². The summed E-state index contributed by atoms with van der Waals surface area (Å²) in [7, 11) is 1.97. The number of benzene rings is 1. The Morgan fingerprint density at radius 1 is 1.10 bits per heavy atom. The van der Waals surface area contributed by atoms with Gasteiger partial charge in [-0.1, -0.05) is 45.9 Å². The smallest absolute Gasteiger partial charge is 0.191 e. The second-order valence-corrected chi connectivity index (χ2v) is 6.35. The van der Waals surface area contributed by atoms with Crippen LogP contribution < -0.4 is 0 Å². The highest BCUT2D eigenvalue weighted by Gasteiger charge is 2.11. The van der Waals surface area contributed by atoms with Crippen LogP contribution in [0.5, 0.6) is 0 Å². The van der Waals surface area contributed by atoms with E-state index in [1.165, 1.54) is 5.56 Å². The Morgan fingerprint density at radius 3 is 2.62 bits per heavy atom. The molecule has 0 aliphatic carbocycles. The van der Waals surface area contributed by atoms with Gasteiger partial charge in [0, 0.05) is 23.5 Å². The minimum atomic E-state index is 0.786. The molecule has 106 valence electrons. The number of aromatic nitrogens is 4. The van der Waals surface area contributed by atoms with E-state index >= 15 is 0 Å². The molecule has 2 aromatic heterocycles. The Morgan fingerprint density at radius 2 is 1.90 bits per heavy atom. The summed E-state index contributed by atoms with van der Waals surface area (Å²) in [6.45, 7) is 0. The van der Waals surface area contributed by atoms with Gasteiger partial charge in [0.05, 0.1) is 0 Å². The molecule has 4 nitrogen and oxygen atoms in total. The van der Waals surface area contributed by atoms with Gasteiger partial charge in [-0.3, -0.25) is 4.98 Å². The molecular formula is C15H13BrN4S. The van der Waals surface area contributed by atoms with E-state index < -0.39 is 0 Å². The Hall–Kier alpha value is -1.66. The summed E-state index contributed by atoms with van der Waals surface area (Å²) in [5.74, 6) is 1.65. The molecule has 0 saturated heterocycles. The van der Waals surface area contributed by atoms with Crippen molar-refractivity contribution in [3.05, 3.63) is 58.7 Å². The predicted molar refractivity (Wildman–Crippen MR) is 87.9 cm³/mol. The van der Waals surface area contributed by atoms with Gasteiger partial charge in [-0.15, -0.1) is 10.2 Å². The molecule has 0 aliphatic rings. The van der Waals surface area contributed by atoms with Crippen molar-refractivity contribution in [2.24, 2.45) is 7.05 Å². The monoisotopic (exact) mass is 360 g/mol. The lowest BCUT2D eigenvalue weighted by atomic mass is 10.2. The number of hydrogen-bond donors (Lipinski definition) is 0. The van der Waals surface area contributed by atoms with Gasteiger partial charge in [0.1, 0.15) is 5.69 Å². The van der Waals surface area contributed by atoms with Crippen LogP contribution >= 0.6 is 27.7 Å². The highest BCUT2D eigenvalue weighted by Crippen LogP contribution is 2.24. The molecule has 0 bridgehead atoms. The summed E-state index contributed by atoms with van der Waals surface area (Å²) in [6.07, 6.45) is 1.76. The number of pyridine rings is 1. The summed E-state index contributed by atoms with van der Waals surface area (Å²) in [4.78, 5) is 4.31. The molecule has 0 amide bonds. The fraction of sp³-hybridized carbons (Fsp3) is 0.133. The van der Waals surface area contributed by atoms with Gasteiger partial charge in [-0.05, 0) is 29.8 Å². The molecule has 0 radical (unpaired) electrons. The van der Waals surface area contributed by atoms with Crippen LogP contribution in [0, 0.1) is 0 Å². The summed E-state index contributed by atoms with van der Waals surface area (Å²) in [5, 5.41) is 9.37. The standard InChI is InChI=1S/C15H13BrN4S/c1-20-14(13-4-2-3-9-17-13)18-19-15(20)21-10-11-5-7-12(16)8-6-11/h2-9H,10H2,1H3.